The monoisotopic (exact) mass is 191 g/mol. The molecular formula is C10H13N3O. The van der Waals surface area contributed by atoms with Gasteiger partial charge in [-0.05, 0) is 11.8 Å². The average molecular weight is 191 g/mol. The third-order valence-corrected chi connectivity index (χ3v) is 2.52. The van der Waals surface area contributed by atoms with Crippen molar-refractivity contribution in [3.05, 3.63) is 17.6 Å². The largest absolute Gasteiger partial charge is 0.383 e. The van der Waals surface area contributed by atoms with E-state index < -0.39 is 0 Å². The Morgan fingerprint density at radius 1 is 1.36 bits per heavy atom. The van der Waals surface area contributed by atoms with Crippen LogP contribution in [-0.4, -0.2) is 15.8 Å². The fraction of sp³-hybridized carbons (Fsp3) is 0.500. The molecule has 0 aromatic carbocycles. The van der Waals surface area contributed by atoms with Gasteiger partial charge in [0, 0.05) is 6.42 Å². The first kappa shape index (κ1) is 9.12. The summed E-state index contributed by atoms with van der Waals surface area (Å²) in [5, 5.41) is 0. The topological polar surface area (TPSA) is 68.9 Å². The quantitative estimate of drug-likeness (QED) is 0.669. The van der Waals surface area contributed by atoms with E-state index in [1.807, 2.05) is 0 Å². The van der Waals surface area contributed by atoms with Gasteiger partial charge in [0.15, 0.2) is 5.78 Å². The number of rotatable bonds is 0. The number of carbonyl (C=O) groups excluding carboxylic acids is 1. The number of ketones is 1. The lowest BCUT2D eigenvalue weighted by atomic mass is 9.76. The highest BCUT2D eigenvalue weighted by Gasteiger charge is 2.33. The molecule has 74 valence electrons. The van der Waals surface area contributed by atoms with Gasteiger partial charge >= 0.3 is 0 Å². The van der Waals surface area contributed by atoms with Crippen LogP contribution in [0.2, 0.25) is 0 Å². The van der Waals surface area contributed by atoms with Crippen molar-refractivity contribution in [3.63, 3.8) is 0 Å². The van der Waals surface area contributed by atoms with Crippen LogP contribution in [0.1, 0.15) is 36.3 Å². The second-order valence-electron chi connectivity index (χ2n) is 4.52. The van der Waals surface area contributed by atoms with Crippen molar-refractivity contribution in [2.24, 2.45) is 5.41 Å². The van der Waals surface area contributed by atoms with Crippen molar-refractivity contribution >= 4 is 11.6 Å². The molecule has 4 heteroatoms. The van der Waals surface area contributed by atoms with Crippen LogP contribution in [0, 0.1) is 5.41 Å². The van der Waals surface area contributed by atoms with Gasteiger partial charge in [-0.2, -0.15) is 0 Å². The Labute approximate surface area is 82.6 Å². The van der Waals surface area contributed by atoms with Gasteiger partial charge in [-0.1, -0.05) is 13.8 Å². The maximum absolute atomic E-state index is 11.8. The highest BCUT2D eigenvalue weighted by atomic mass is 16.1. The molecule has 4 nitrogen and oxygen atoms in total. The molecule has 1 aliphatic carbocycles. The Morgan fingerprint density at radius 2 is 2.07 bits per heavy atom. The maximum Gasteiger partial charge on any atom is 0.168 e. The zero-order chi connectivity index (χ0) is 10.3. The molecular weight excluding hydrogens is 178 g/mol. The van der Waals surface area contributed by atoms with Crippen LogP contribution in [0.25, 0.3) is 0 Å². The van der Waals surface area contributed by atoms with Crippen LogP contribution >= 0.6 is 0 Å². The Balaban J connectivity index is 2.56. The fourth-order valence-electron chi connectivity index (χ4n) is 1.91. The Bertz CT molecular complexity index is 398. The van der Waals surface area contributed by atoms with E-state index in [2.05, 4.69) is 23.8 Å². The van der Waals surface area contributed by atoms with Crippen LogP contribution in [0.5, 0.6) is 0 Å². The molecule has 0 saturated carbocycles. The molecule has 2 rings (SSSR count). The van der Waals surface area contributed by atoms with E-state index in [1.54, 1.807) is 0 Å². The lowest BCUT2D eigenvalue weighted by Gasteiger charge is -2.29. The molecule has 0 bridgehead atoms. The van der Waals surface area contributed by atoms with Crippen LogP contribution in [0.4, 0.5) is 5.82 Å². The number of hydrogen-bond donors (Lipinski definition) is 1. The molecule has 0 unspecified atom stereocenters. The highest BCUT2D eigenvalue weighted by Crippen LogP contribution is 2.34. The lowest BCUT2D eigenvalue weighted by Crippen LogP contribution is -2.29. The normalized spacial score (nSPS) is 19.1. The number of aromatic nitrogens is 2. The van der Waals surface area contributed by atoms with Crippen molar-refractivity contribution in [2.45, 2.75) is 26.7 Å². The Morgan fingerprint density at radius 3 is 2.79 bits per heavy atom. The summed E-state index contributed by atoms with van der Waals surface area (Å²) in [6.07, 6.45) is 2.74. The minimum atomic E-state index is -0.00905. The summed E-state index contributed by atoms with van der Waals surface area (Å²) in [5.41, 5.74) is 6.96. The van der Waals surface area contributed by atoms with Gasteiger partial charge in [0.25, 0.3) is 0 Å². The summed E-state index contributed by atoms with van der Waals surface area (Å²) in [6.45, 7) is 4.12. The predicted molar refractivity (Wildman–Crippen MR) is 52.9 cm³/mol. The summed E-state index contributed by atoms with van der Waals surface area (Å²) in [4.78, 5) is 19.7. The smallest absolute Gasteiger partial charge is 0.168 e. The van der Waals surface area contributed by atoms with Crippen molar-refractivity contribution in [2.75, 3.05) is 5.73 Å². The molecule has 0 amide bonds. The van der Waals surface area contributed by atoms with E-state index in [-0.39, 0.29) is 11.2 Å². The van der Waals surface area contributed by atoms with Crippen LogP contribution in [0.15, 0.2) is 6.33 Å². The van der Waals surface area contributed by atoms with E-state index in [9.17, 15) is 4.79 Å². The van der Waals surface area contributed by atoms with Gasteiger partial charge in [-0.3, -0.25) is 4.79 Å². The first-order valence-electron chi connectivity index (χ1n) is 4.62. The van der Waals surface area contributed by atoms with E-state index >= 15 is 0 Å². The van der Waals surface area contributed by atoms with Crippen molar-refractivity contribution in [1.82, 2.24) is 9.97 Å². The number of anilines is 1. The first-order valence-corrected chi connectivity index (χ1v) is 4.62. The summed E-state index contributed by atoms with van der Waals surface area (Å²) in [7, 11) is 0. The number of fused-ring (bicyclic) bond motifs is 1. The van der Waals surface area contributed by atoms with E-state index in [1.165, 1.54) is 6.33 Å². The summed E-state index contributed by atoms with van der Waals surface area (Å²) in [6, 6.07) is 0. The number of hydrogen-bond acceptors (Lipinski definition) is 4. The van der Waals surface area contributed by atoms with Crippen LogP contribution in [0.3, 0.4) is 0 Å². The van der Waals surface area contributed by atoms with Gasteiger partial charge in [0.1, 0.15) is 12.1 Å². The summed E-state index contributed by atoms with van der Waals surface area (Å²) in [5.74, 6) is 0.379. The molecule has 0 saturated heterocycles. The van der Waals surface area contributed by atoms with Crippen molar-refractivity contribution in [3.8, 4) is 0 Å². The predicted octanol–water partition coefficient (Wildman–Crippen LogP) is 1.21. The third kappa shape index (κ3) is 1.36. The minimum Gasteiger partial charge on any atom is -0.383 e. The van der Waals surface area contributed by atoms with Crippen LogP contribution < -0.4 is 5.73 Å². The number of carbonyl (C=O) groups is 1. The second kappa shape index (κ2) is 2.77. The van der Waals surface area contributed by atoms with Gasteiger partial charge in [0.2, 0.25) is 0 Å². The third-order valence-electron chi connectivity index (χ3n) is 2.52. The second-order valence-corrected chi connectivity index (χ2v) is 4.52. The molecule has 0 fully saturated rings. The molecule has 0 radical (unpaired) electrons. The number of nitrogens with zero attached hydrogens (tertiary/aromatic N) is 2. The highest BCUT2D eigenvalue weighted by molar-refractivity contribution is 6.02. The maximum atomic E-state index is 11.8. The molecule has 1 aromatic rings. The SMILES string of the molecule is CC1(C)CC(=O)c2c(N)ncnc2C1. The van der Waals surface area contributed by atoms with Gasteiger partial charge in [-0.15, -0.1) is 0 Å². The van der Waals surface area contributed by atoms with Crippen molar-refractivity contribution < 1.29 is 4.79 Å². The molecule has 0 atom stereocenters. The first-order chi connectivity index (χ1) is 6.49. The fourth-order valence-corrected chi connectivity index (χ4v) is 1.91. The number of nitrogen functional groups attached to an aromatic ring is 1. The lowest BCUT2D eigenvalue weighted by molar-refractivity contribution is 0.0911. The Kier molecular flexibility index (Phi) is 1.80. The van der Waals surface area contributed by atoms with Crippen molar-refractivity contribution in [1.29, 1.82) is 0 Å². The van der Waals surface area contributed by atoms with Gasteiger partial charge in [0.05, 0.1) is 11.3 Å². The van der Waals surface area contributed by atoms with E-state index in [0.717, 1.165) is 12.1 Å². The average Bonchev–Trinajstić information content (AvgIpc) is 2.00. The zero-order valence-corrected chi connectivity index (χ0v) is 8.37. The molecule has 1 aromatic heterocycles. The standard InChI is InChI=1S/C10H13N3O/c1-10(2)3-6-8(7(14)4-10)9(11)13-5-12-6/h5H,3-4H2,1-2H3,(H2,11,12,13). The summed E-state index contributed by atoms with van der Waals surface area (Å²) >= 11 is 0. The molecule has 0 spiro atoms. The molecule has 1 aliphatic rings. The number of Topliss-reactive ketones (excluding diaryl/α,β-unsaturated/α-hetero) is 1. The number of nitrogens with two attached hydrogens (primary N) is 1. The zero-order valence-electron chi connectivity index (χ0n) is 8.37. The van der Waals surface area contributed by atoms with Gasteiger partial charge in [-0.25, -0.2) is 9.97 Å². The van der Waals surface area contributed by atoms with E-state index in [0.29, 0.717) is 17.8 Å². The summed E-state index contributed by atoms with van der Waals surface area (Å²) < 4.78 is 0. The minimum absolute atomic E-state index is 0.00905. The molecule has 1 heterocycles. The Hall–Kier alpha value is -1.45. The molecule has 14 heavy (non-hydrogen) atoms. The van der Waals surface area contributed by atoms with E-state index in [4.69, 9.17) is 5.73 Å². The van der Waals surface area contributed by atoms with Gasteiger partial charge < -0.3 is 5.73 Å². The van der Waals surface area contributed by atoms with Crippen LogP contribution in [-0.2, 0) is 6.42 Å². The molecule has 0 aliphatic heterocycles. The molecule has 2 N–H and O–H groups in total.